The van der Waals surface area contributed by atoms with E-state index in [2.05, 4.69) is 20.9 Å². The zero-order valence-corrected chi connectivity index (χ0v) is 13.7. The molecule has 112 valence electrons. The molecular formula is C15H17BrN2O3. The fourth-order valence-corrected chi connectivity index (χ4v) is 2.53. The van der Waals surface area contributed by atoms with Crippen molar-refractivity contribution >= 4 is 15.9 Å². The summed E-state index contributed by atoms with van der Waals surface area (Å²) in [5, 5.41) is 0. The minimum Gasteiger partial charge on any atom is -0.493 e. The summed E-state index contributed by atoms with van der Waals surface area (Å²) >= 11 is 3.40. The van der Waals surface area contributed by atoms with E-state index in [-0.39, 0.29) is 6.04 Å². The molecule has 6 heteroatoms. The molecule has 0 saturated heterocycles. The monoisotopic (exact) mass is 352 g/mol. The molecule has 2 rings (SSSR count). The van der Waals surface area contributed by atoms with E-state index < -0.39 is 0 Å². The fraction of sp³-hybridized carbons (Fsp3) is 0.267. The molecular weight excluding hydrogens is 336 g/mol. The Labute approximate surface area is 132 Å². The Morgan fingerprint density at radius 3 is 2.33 bits per heavy atom. The van der Waals surface area contributed by atoms with Crippen LogP contribution in [0, 0.1) is 0 Å². The van der Waals surface area contributed by atoms with Crippen molar-refractivity contribution in [2.45, 2.75) is 6.04 Å². The molecule has 0 bridgehead atoms. The van der Waals surface area contributed by atoms with Gasteiger partial charge in [0, 0.05) is 22.4 Å². The molecule has 0 aliphatic rings. The predicted molar refractivity (Wildman–Crippen MR) is 84.1 cm³/mol. The van der Waals surface area contributed by atoms with Crippen LogP contribution in [0.2, 0.25) is 0 Å². The van der Waals surface area contributed by atoms with Crippen molar-refractivity contribution in [1.82, 2.24) is 4.98 Å². The molecule has 2 aromatic rings. The molecule has 0 amide bonds. The summed E-state index contributed by atoms with van der Waals surface area (Å²) in [5.74, 6) is 1.68. The van der Waals surface area contributed by atoms with E-state index in [4.69, 9.17) is 19.9 Å². The van der Waals surface area contributed by atoms with Crippen molar-refractivity contribution in [3.8, 4) is 17.2 Å². The van der Waals surface area contributed by atoms with Gasteiger partial charge in [-0.2, -0.15) is 0 Å². The van der Waals surface area contributed by atoms with Crippen molar-refractivity contribution in [2.75, 3.05) is 21.3 Å². The maximum absolute atomic E-state index is 6.34. The van der Waals surface area contributed by atoms with Crippen LogP contribution < -0.4 is 19.9 Å². The number of nitrogens with two attached hydrogens (primary N) is 1. The number of hydrogen-bond donors (Lipinski definition) is 1. The van der Waals surface area contributed by atoms with Crippen molar-refractivity contribution < 1.29 is 14.2 Å². The number of hydrogen-bond acceptors (Lipinski definition) is 5. The first kappa shape index (κ1) is 15.6. The van der Waals surface area contributed by atoms with E-state index in [1.54, 1.807) is 33.7 Å². The molecule has 2 N–H and O–H groups in total. The van der Waals surface area contributed by atoms with E-state index in [1.165, 1.54) is 0 Å². The highest BCUT2D eigenvalue weighted by atomic mass is 79.9. The molecule has 1 aromatic heterocycles. The second-order valence-corrected chi connectivity index (χ2v) is 5.25. The first-order valence-electron chi connectivity index (χ1n) is 6.27. The van der Waals surface area contributed by atoms with Gasteiger partial charge in [-0.3, -0.25) is 4.98 Å². The maximum Gasteiger partial charge on any atom is 0.203 e. The van der Waals surface area contributed by atoms with Crippen LogP contribution in [0.5, 0.6) is 17.2 Å². The van der Waals surface area contributed by atoms with Gasteiger partial charge in [0.25, 0.3) is 0 Å². The standard InChI is InChI=1S/C15H17BrN2O3/c1-19-12-5-4-11(14(20-2)15(12)21-3)13(17)9-6-10(16)8-18-7-9/h4-8,13H,17H2,1-3H3. The molecule has 0 fully saturated rings. The van der Waals surface area contributed by atoms with Crippen LogP contribution >= 0.6 is 15.9 Å². The minimum atomic E-state index is -0.384. The van der Waals surface area contributed by atoms with Gasteiger partial charge in [0.1, 0.15) is 0 Å². The van der Waals surface area contributed by atoms with Crippen molar-refractivity contribution in [3.63, 3.8) is 0 Å². The third-order valence-electron chi connectivity index (χ3n) is 3.15. The second kappa shape index (κ2) is 6.78. The third-order valence-corrected chi connectivity index (χ3v) is 3.59. The van der Waals surface area contributed by atoms with Gasteiger partial charge >= 0.3 is 0 Å². The molecule has 0 spiro atoms. The lowest BCUT2D eigenvalue weighted by atomic mass is 9.99. The Balaban J connectivity index is 2.53. The molecule has 1 unspecified atom stereocenters. The lowest BCUT2D eigenvalue weighted by Crippen LogP contribution is -2.14. The van der Waals surface area contributed by atoms with E-state index in [0.717, 1.165) is 15.6 Å². The van der Waals surface area contributed by atoms with Crippen molar-refractivity contribution in [1.29, 1.82) is 0 Å². The van der Waals surface area contributed by atoms with E-state index in [1.807, 2.05) is 18.2 Å². The van der Waals surface area contributed by atoms with Crippen molar-refractivity contribution in [3.05, 3.63) is 46.2 Å². The van der Waals surface area contributed by atoms with E-state index in [0.29, 0.717) is 17.2 Å². The molecule has 5 nitrogen and oxygen atoms in total. The molecule has 0 radical (unpaired) electrons. The van der Waals surface area contributed by atoms with Crippen LogP contribution in [0.25, 0.3) is 0 Å². The zero-order chi connectivity index (χ0) is 15.4. The summed E-state index contributed by atoms with van der Waals surface area (Å²) < 4.78 is 17.0. The minimum absolute atomic E-state index is 0.384. The maximum atomic E-state index is 6.34. The SMILES string of the molecule is COc1ccc(C(N)c2cncc(Br)c2)c(OC)c1OC. The zero-order valence-electron chi connectivity index (χ0n) is 12.1. The highest BCUT2D eigenvalue weighted by Crippen LogP contribution is 2.42. The first-order valence-corrected chi connectivity index (χ1v) is 7.06. The van der Waals surface area contributed by atoms with Gasteiger partial charge in [-0.25, -0.2) is 0 Å². The predicted octanol–water partition coefficient (Wildman–Crippen LogP) is 2.92. The summed E-state index contributed by atoms with van der Waals surface area (Å²) in [4.78, 5) is 4.14. The smallest absolute Gasteiger partial charge is 0.203 e. The van der Waals surface area contributed by atoms with Crippen molar-refractivity contribution in [2.24, 2.45) is 5.73 Å². The second-order valence-electron chi connectivity index (χ2n) is 4.34. The first-order chi connectivity index (χ1) is 10.1. The topological polar surface area (TPSA) is 66.6 Å². The highest BCUT2D eigenvalue weighted by molar-refractivity contribution is 9.10. The summed E-state index contributed by atoms with van der Waals surface area (Å²) in [7, 11) is 4.72. The van der Waals surface area contributed by atoms with Crippen LogP contribution in [-0.4, -0.2) is 26.3 Å². The Hall–Kier alpha value is -1.79. The van der Waals surface area contributed by atoms with Crippen LogP contribution in [0.15, 0.2) is 35.1 Å². The van der Waals surface area contributed by atoms with Gasteiger partial charge in [-0.05, 0) is 39.7 Å². The number of methoxy groups -OCH3 is 3. The average Bonchev–Trinajstić information content (AvgIpc) is 2.52. The number of pyridine rings is 1. The highest BCUT2D eigenvalue weighted by Gasteiger charge is 2.21. The molecule has 1 atom stereocenters. The summed E-state index contributed by atoms with van der Waals surface area (Å²) in [6, 6.07) is 5.21. The lowest BCUT2D eigenvalue weighted by Gasteiger charge is -2.19. The van der Waals surface area contributed by atoms with Crippen LogP contribution in [0.1, 0.15) is 17.2 Å². The van der Waals surface area contributed by atoms with Gasteiger partial charge in [-0.1, -0.05) is 0 Å². The van der Waals surface area contributed by atoms with Gasteiger partial charge < -0.3 is 19.9 Å². The van der Waals surface area contributed by atoms with Gasteiger partial charge in [0.15, 0.2) is 11.5 Å². The number of benzene rings is 1. The van der Waals surface area contributed by atoms with Gasteiger partial charge in [0.2, 0.25) is 5.75 Å². The average molecular weight is 353 g/mol. The Kier molecular flexibility index (Phi) is 5.03. The van der Waals surface area contributed by atoms with E-state index >= 15 is 0 Å². The molecule has 0 aliphatic heterocycles. The molecule has 0 aliphatic carbocycles. The Bertz CT molecular complexity index is 634. The van der Waals surface area contributed by atoms with Crippen LogP contribution in [-0.2, 0) is 0 Å². The van der Waals surface area contributed by atoms with Crippen LogP contribution in [0.3, 0.4) is 0 Å². The Morgan fingerprint density at radius 2 is 1.76 bits per heavy atom. The number of ether oxygens (including phenoxy) is 3. The molecule has 1 aromatic carbocycles. The molecule has 0 saturated carbocycles. The van der Waals surface area contributed by atoms with Gasteiger partial charge in [-0.15, -0.1) is 0 Å². The van der Waals surface area contributed by atoms with E-state index in [9.17, 15) is 0 Å². The van der Waals surface area contributed by atoms with Crippen LogP contribution in [0.4, 0.5) is 0 Å². The normalized spacial score (nSPS) is 11.9. The summed E-state index contributed by atoms with van der Waals surface area (Å²) in [5.41, 5.74) is 8.01. The summed E-state index contributed by atoms with van der Waals surface area (Å²) in [6.45, 7) is 0. The quantitative estimate of drug-likeness (QED) is 0.895. The largest absolute Gasteiger partial charge is 0.493 e. The fourth-order valence-electron chi connectivity index (χ4n) is 2.15. The van der Waals surface area contributed by atoms with Gasteiger partial charge in [0.05, 0.1) is 27.4 Å². The number of aromatic nitrogens is 1. The number of rotatable bonds is 5. The Morgan fingerprint density at radius 1 is 1.05 bits per heavy atom. The number of nitrogens with zero attached hydrogens (tertiary/aromatic N) is 1. The molecule has 21 heavy (non-hydrogen) atoms. The molecule has 1 heterocycles. The number of halogens is 1. The lowest BCUT2D eigenvalue weighted by molar-refractivity contribution is 0.321. The third kappa shape index (κ3) is 3.11. The summed E-state index contributed by atoms with van der Waals surface area (Å²) in [6.07, 6.45) is 3.44.